The molecule has 2 aromatic carbocycles. The number of guanidine groups is 1. The zero-order valence-electron chi connectivity index (χ0n) is 14.1. The number of hydrogen-bond acceptors (Lipinski definition) is 4. The molecule has 0 aromatic heterocycles. The third-order valence-electron chi connectivity index (χ3n) is 3.88. The Labute approximate surface area is 147 Å². The van der Waals surface area contributed by atoms with Crippen molar-refractivity contribution in [3.05, 3.63) is 60.2 Å². The monoisotopic (exact) mass is 339 g/mol. The molecule has 0 spiro atoms. The Kier molecular flexibility index (Phi) is 5.64. The van der Waals surface area contributed by atoms with Crippen molar-refractivity contribution in [1.82, 2.24) is 10.2 Å². The Morgan fingerprint density at radius 3 is 2.40 bits per heavy atom. The zero-order valence-corrected chi connectivity index (χ0v) is 14.1. The van der Waals surface area contributed by atoms with E-state index in [1.807, 2.05) is 47.4 Å². The summed E-state index contributed by atoms with van der Waals surface area (Å²) in [5.41, 5.74) is 1.34. The van der Waals surface area contributed by atoms with E-state index in [4.69, 9.17) is 9.47 Å². The Hall–Kier alpha value is -2.86. The van der Waals surface area contributed by atoms with Crippen LogP contribution in [0.4, 0.5) is 5.69 Å². The van der Waals surface area contributed by atoms with E-state index in [9.17, 15) is 4.79 Å². The molecule has 0 bridgehead atoms. The van der Waals surface area contributed by atoms with Crippen molar-refractivity contribution < 1.29 is 14.3 Å². The average molecular weight is 339 g/mol. The lowest BCUT2D eigenvalue weighted by Gasteiger charge is -2.29. The van der Waals surface area contributed by atoms with Crippen molar-refractivity contribution in [3.8, 4) is 5.75 Å². The van der Waals surface area contributed by atoms with Gasteiger partial charge in [0, 0.05) is 18.7 Å². The maximum absolute atomic E-state index is 12.5. The van der Waals surface area contributed by atoms with Crippen molar-refractivity contribution in [1.29, 1.82) is 0 Å². The summed E-state index contributed by atoms with van der Waals surface area (Å²) in [7, 11) is 1.62. The second-order valence-electron chi connectivity index (χ2n) is 5.55. The van der Waals surface area contributed by atoms with Gasteiger partial charge in [0.1, 0.15) is 5.75 Å². The van der Waals surface area contributed by atoms with Crippen LogP contribution in [0.3, 0.4) is 0 Å². The van der Waals surface area contributed by atoms with Crippen LogP contribution < -0.4 is 10.1 Å². The lowest BCUT2D eigenvalue weighted by molar-refractivity contribution is 0.0657. The average Bonchev–Trinajstić information content (AvgIpc) is 2.69. The second-order valence-corrected chi connectivity index (χ2v) is 5.55. The molecule has 3 rings (SSSR count). The molecule has 1 aliphatic rings. The molecule has 6 heteroatoms. The standard InChI is InChI=1S/C19H21N3O3/c1-24-17-9-7-16(8-10-17)20-19(22-11-13-25-14-12-22)21-18(23)15-5-3-2-4-6-15/h2-10H,11-14H2,1H3,(H,20,21,23). The Bertz CT molecular complexity index is 723. The molecule has 1 heterocycles. The molecular formula is C19H21N3O3. The van der Waals surface area contributed by atoms with Crippen molar-refractivity contribution in [2.45, 2.75) is 0 Å². The highest BCUT2D eigenvalue weighted by Gasteiger charge is 2.18. The molecule has 0 atom stereocenters. The molecule has 1 amide bonds. The second kappa shape index (κ2) is 8.30. The summed E-state index contributed by atoms with van der Waals surface area (Å²) in [6.45, 7) is 2.60. The van der Waals surface area contributed by atoms with Gasteiger partial charge in [0.25, 0.3) is 5.91 Å². The van der Waals surface area contributed by atoms with E-state index < -0.39 is 0 Å². The van der Waals surface area contributed by atoms with Gasteiger partial charge in [0.05, 0.1) is 26.0 Å². The molecule has 2 aromatic rings. The molecule has 25 heavy (non-hydrogen) atoms. The highest BCUT2D eigenvalue weighted by atomic mass is 16.5. The van der Waals surface area contributed by atoms with E-state index in [1.165, 1.54) is 0 Å². The van der Waals surface area contributed by atoms with Crippen LogP contribution in [0.1, 0.15) is 10.4 Å². The van der Waals surface area contributed by atoms with Crippen molar-refractivity contribution in [3.63, 3.8) is 0 Å². The number of carbonyl (C=O) groups excluding carboxylic acids is 1. The van der Waals surface area contributed by atoms with Crippen LogP contribution in [0.5, 0.6) is 5.75 Å². The summed E-state index contributed by atoms with van der Waals surface area (Å²) in [6.07, 6.45) is 0. The molecule has 1 aliphatic heterocycles. The van der Waals surface area contributed by atoms with Gasteiger partial charge >= 0.3 is 0 Å². The van der Waals surface area contributed by atoms with Crippen LogP contribution in [-0.2, 0) is 4.74 Å². The quantitative estimate of drug-likeness (QED) is 0.689. The third-order valence-corrected chi connectivity index (χ3v) is 3.88. The Morgan fingerprint density at radius 2 is 1.76 bits per heavy atom. The van der Waals surface area contributed by atoms with Gasteiger partial charge in [-0.1, -0.05) is 18.2 Å². The van der Waals surface area contributed by atoms with Crippen LogP contribution >= 0.6 is 0 Å². The molecule has 0 aliphatic carbocycles. The predicted molar refractivity (Wildman–Crippen MR) is 96.4 cm³/mol. The highest BCUT2D eigenvalue weighted by Crippen LogP contribution is 2.18. The first-order valence-electron chi connectivity index (χ1n) is 8.18. The van der Waals surface area contributed by atoms with Gasteiger partial charge in [-0.3, -0.25) is 10.1 Å². The van der Waals surface area contributed by atoms with Crippen LogP contribution in [0.25, 0.3) is 0 Å². The van der Waals surface area contributed by atoms with Crippen LogP contribution in [0.2, 0.25) is 0 Å². The fourth-order valence-corrected chi connectivity index (χ4v) is 2.50. The van der Waals surface area contributed by atoms with E-state index in [2.05, 4.69) is 10.3 Å². The van der Waals surface area contributed by atoms with Gasteiger partial charge in [0.15, 0.2) is 0 Å². The molecule has 1 N–H and O–H groups in total. The largest absolute Gasteiger partial charge is 0.497 e. The number of carbonyl (C=O) groups is 1. The van der Waals surface area contributed by atoms with Gasteiger partial charge < -0.3 is 14.4 Å². The maximum Gasteiger partial charge on any atom is 0.257 e. The number of amides is 1. The summed E-state index contributed by atoms with van der Waals surface area (Å²) in [5, 5.41) is 2.93. The number of nitrogens with one attached hydrogen (secondary N) is 1. The van der Waals surface area contributed by atoms with Crippen molar-refractivity contribution >= 4 is 17.6 Å². The third kappa shape index (κ3) is 4.58. The number of rotatable bonds is 3. The topological polar surface area (TPSA) is 63.2 Å². The summed E-state index contributed by atoms with van der Waals surface area (Å²) < 4.78 is 10.6. The number of morpholine rings is 1. The molecule has 130 valence electrons. The summed E-state index contributed by atoms with van der Waals surface area (Å²) in [5.74, 6) is 1.11. The van der Waals surface area contributed by atoms with Gasteiger partial charge in [0.2, 0.25) is 5.96 Å². The van der Waals surface area contributed by atoms with E-state index in [0.717, 1.165) is 11.4 Å². The molecule has 6 nitrogen and oxygen atoms in total. The summed E-state index contributed by atoms with van der Waals surface area (Å²) in [6, 6.07) is 16.5. The molecular weight excluding hydrogens is 318 g/mol. The first kappa shape index (κ1) is 17.0. The predicted octanol–water partition coefficient (Wildman–Crippen LogP) is 2.44. The minimum absolute atomic E-state index is 0.181. The van der Waals surface area contributed by atoms with Crippen molar-refractivity contribution in [2.75, 3.05) is 33.4 Å². The maximum atomic E-state index is 12.5. The lowest BCUT2D eigenvalue weighted by Crippen LogP contribution is -2.48. The zero-order chi connectivity index (χ0) is 17.5. The van der Waals surface area contributed by atoms with E-state index in [-0.39, 0.29) is 5.91 Å². The van der Waals surface area contributed by atoms with E-state index >= 15 is 0 Å². The van der Waals surface area contributed by atoms with Crippen LogP contribution in [0, 0.1) is 0 Å². The highest BCUT2D eigenvalue weighted by molar-refractivity contribution is 6.06. The first-order valence-corrected chi connectivity index (χ1v) is 8.18. The normalized spacial score (nSPS) is 14.9. The SMILES string of the molecule is COc1ccc(N=C(NC(=O)c2ccccc2)N2CCOCC2)cc1. The molecule has 0 radical (unpaired) electrons. The smallest absolute Gasteiger partial charge is 0.257 e. The molecule has 0 unspecified atom stereocenters. The number of hydrogen-bond donors (Lipinski definition) is 1. The fraction of sp³-hybridized carbons (Fsp3) is 0.263. The number of benzene rings is 2. The van der Waals surface area contributed by atoms with Gasteiger partial charge in [-0.05, 0) is 36.4 Å². The number of aliphatic imine (C=N–C) groups is 1. The minimum Gasteiger partial charge on any atom is -0.497 e. The first-order chi connectivity index (χ1) is 12.3. The van der Waals surface area contributed by atoms with Gasteiger partial charge in [-0.2, -0.15) is 0 Å². The van der Waals surface area contributed by atoms with E-state index in [1.54, 1.807) is 19.2 Å². The van der Waals surface area contributed by atoms with Crippen LogP contribution in [0.15, 0.2) is 59.6 Å². The van der Waals surface area contributed by atoms with Gasteiger partial charge in [-0.15, -0.1) is 0 Å². The molecule has 1 fully saturated rings. The lowest BCUT2D eigenvalue weighted by atomic mass is 10.2. The number of methoxy groups -OCH3 is 1. The summed E-state index contributed by atoms with van der Waals surface area (Å²) in [4.78, 5) is 19.2. The number of ether oxygens (including phenoxy) is 2. The van der Waals surface area contributed by atoms with E-state index in [0.29, 0.717) is 37.8 Å². The van der Waals surface area contributed by atoms with Crippen molar-refractivity contribution in [2.24, 2.45) is 4.99 Å². The fourth-order valence-electron chi connectivity index (χ4n) is 2.50. The molecule has 1 saturated heterocycles. The molecule has 0 saturated carbocycles. The van der Waals surface area contributed by atoms with Crippen LogP contribution in [-0.4, -0.2) is 50.2 Å². The summed E-state index contributed by atoms with van der Waals surface area (Å²) >= 11 is 0. The minimum atomic E-state index is -0.181. The Morgan fingerprint density at radius 1 is 1.08 bits per heavy atom. The number of nitrogens with zero attached hydrogens (tertiary/aromatic N) is 2. The Balaban J connectivity index is 1.83. The van der Waals surface area contributed by atoms with Gasteiger partial charge in [-0.25, -0.2) is 4.99 Å².